The molecule has 9 heteroatoms. The Hall–Kier alpha value is -1.67. The standard InChI is InChI=1S/C7H5F5N2O2/c1-14-4(7(10,11)12)3(2-13-14)6(8,9)5(15)16/h2H,1H3,(H,15,16). The number of carboxylic acids is 1. The molecular weight excluding hydrogens is 239 g/mol. The molecule has 1 aromatic rings. The molecule has 16 heavy (non-hydrogen) atoms. The first-order chi connectivity index (χ1) is 7.08. The number of halogens is 5. The first-order valence-corrected chi connectivity index (χ1v) is 3.79. The van der Waals surface area contributed by atoms with Crippen LogP contribution in [0.5, 0.6) is 0 Å². The van der Waals surface area contributed by atoms with Gasteiger partial charge in [-0.15, -0.1) is 0 Å². The highest BCUT2D eigenvalue weighted by atomic mass is 19.4. The fourth-order valence-electron chi connectivity index (χ4n) is 1.12. The summed E-state index contributed by atoms with van der Waals surface area (Å²) >= 11 is 0. The molecule has 0 aromatic carbocycles. The second-order valence-electron chi connectivity index (χ2n) is 2.91. The van der Waals surface area contributed by atoms with Gasteiger partial charge in [0, 0.05) is 7.05 Å². The molecule has 4 nitrogen and oxygen atoms in total. The Morgan fingerprint density at radius 1 is 1.38 bits per heavy atom. The zero-order valence-corrected chi connectivity index (χ0v) is 7.72. The lowest BCUT2D eigenvalue weighted by atomic mass is 10.1. The van der Waals surface area contributed by atoms with Crippen LogP contribution in [0.3, 0.4) is 0 Å². The molecule has 0 unspecified atom stereocenters. The minimum Gasteiger partial charge on any atom is -0.477 e. The lowest BCUT2D eigenvalue weighted by Crippen LogP contribution is -2.28. The Labute approximate surface area is 85.3 Å². The van der Waals surface area contributed by atoms with Gasteiger partial charge in [-0.3, -0.25) is 4.68 Å². The van der Waals surface area contributed by atoms with Crippen molar-refractivity contribution in [1.29, 1.82) is 0 Å². The summed E-state index contributed by atoms with van der Waals surface area (Å²) in [5.41, 5.74) is -3.45. The van der Waals surface area contributed by atoms with E-state index in [0.717, 1.165) is 7.05 Å². The lowest BCUT2D eigenvalue weighted by Gasteiger charge is -2.14. The van der Waals surface area contributed by atoms with Gasteiger partial charge in [0.15, 0.2) is 5.69 Å². The van der Waals surface area contributed by atoms with Gasteiger partial charge in [0.25, 0.3) is 0 Å². The average molecular weight is 244 g/mol. The van der Waals surface area contributed by atoms with Crippen molar-refractivity contribution in [3.8, 4) is 0 Å². The van der Waals surface area contributed by atoms with Gasteiger partial charge in [-0.25, -0.2) is 4.79 Å². The normalized spacial score (nSPS) is 12.9. The van der Waals surface area contributed by atoms with E-state index in [2.05, 4.69) is 5.10 Å². The van der Waals surface area contributed by atoms with E-state index in [1.807, 2.05) is 0 Å². The van der Waals surface area contributed by atoms with E-state index in [1.165, 1.54) is 0 Å². The van der Waals surface area contributed by atoms with E-state index < -0.39 is 29.3 Å². The molecular formula is C7H5F5N2O2. The third-order valence-corrected chi connectivity index (χ3v) is 1.81. The molecule has 90 valence electrons. The predicted octanol–water partition coefficient (Wildman–Crippen LogP) is 1.62. The molecule has 1 rings (SSSR count). The van der Waals surface area contributed by atoms with Gasteiger partial charge in [0.1, 0.15) is 0 Å². The quantitative estimate of drug-likeness (QED) is 0.804. The van der Waals surface area contributed by atoms with Crippen LogP contribution in [0.1, 0.15) is 11.3 Å². The molecule has 0 aliphatic carbocycles. The second-order valence-corrected chi connectivity index (χ2v) is 2.91. The molecule has 0 fully saturated rings. The molecule has 1 aromatic heterocycles. The van der Waals surface area contributed by atoms with Crippen LogP contribution in [0.4, 0.5) is 22.0 Å². The van der Waals surface area contributed by atoms with Gasteiger partial charge in [-0.05, 0) is 0 Å². The third kappa shape index (κ3) is 1.84. The molecule has 1 N–H and O–H groups in total. The summed E-state index contributed by atoms with van der Waals surface area (Å²) < 4.78 is 63.1. The molecule has 0 saturated carbocycles. The molecule has 0 atom stereocenters. The Morgan fingerprint density at radius 2 is 1.88 bits per heavy atom. The second kappa shape index (κ2) is 3.42. The van der Waals surface area contributed by atoms with Crippen molar-refractivity contribution in [2.45, 2.75) is 12.1 Å². The maximum Gasteiger partial charge on any atom is 0.433 e. The summed E-state index contributed by atoms with van der Waals surface area (Å²) in [4.78, 5) is 10.2. The van der Waals surface area contributed by atoms with Crippen LogP contribution >= 0.6 is 0 Å². The SMILES string of the molecule is Cn1ncc(C(F)(F)C(=O)O)c1C(F)(F)F. The number of carbonyl (C=O) groups is 1. The zero-order chi connectivity index (χ0) is 12.7. The van der Waals surface area contributed by atoms with Crippen LogP contribution in [-0.4, -0.2) is 20.9 Å². The average Bonchev–Trinajstić information content (AvgIpc) is 2.46. The lowest BCUT2D eigenvalue weighted by molar-refractivity contribution is -0.169. The van der Waals surface area contributed by atoms with E-state index in [4.69, 9.17) is 5.11 Å². The number of aryl methyl sites for hydroxylation is 1. The van der Waals surface area contributed by atoms with Crippen LogP contribution in [0.15, 0.2) is 6.20 Å². The van der Waals surface area contributed by atoms with Crippen molar-refractivity contribution in [1.82, 2.24) is 9.78 Å². The molecule has 0 radical (unpaired) electrons. The zero-order valence-electron chi connectivity index (χ0n) is 7.72. The third-order valence-electron chi connectivity index (χ3n) is 1.81. The number of aliphatic carboxylic acids is 1. The topological polar surface area (TPSA) is 55.1 Å². The monoisotopic (exact) mass is 244 g/mol. The molecule has 0 amide bonds. The van der Waals surface area contributed by atoms with Crippen molar-refractivity contribution >= 4 is 5.97 Å². The number of alkyl halides is 5. The van der Waals surface area contributed by atoms with Crippen molar-refractivity contribution in [2.24, 2.45) is 7.05 Å². The number of carboxylic acid groups (broad SMARTS) is 1. The van der Waals surface area contributed by atoms with Crippen molar-refractivity contribution in [3.05, 3.63) is 17.5 Å². The van der Waals surface area contributed by atoms with Gasteiger partial charge in [-0.2, -0.15) is 27.1 Å². The van der Waals surface area contributed by atoms with Gasteiger partial charge in [-0.1, -0.05) is 0 Å². The predicted molar refractivity (Wildman–Crippen MR) is 39.7 cm³/mol. The van der Waals surface area contributed by atoms with Crippen molar-refractivity contribution in [3.63, 3.8) is 0 Å². The van der Waals surface area contributed by atoms with Crippen LogP contribution in [0.25, 0.3) is 0 Å². The first kappa shape index (κ1) is 12.4. The van der Waals surface area contributed by atoms with Gasteiger partial charge < -0.3 is 5.11 Å². The largest absolute Gasteiger partial charge is 0.477 e. The maximum atomic E-state index is 12.9. The molecule has 0 bridgehead atoms. The highest BCUT2D eigenvalue weighted by Gasteiger charge is 2.50. The Balaban J connectivity index is 3.43. The van der Waals surface area contributed by atoms with Crippen LogP contribution in [0.2, 0.25) is 0 Å². The Bertz CT molecular complexity index is 423. The molecule has 0 aliphatic rings. The summed E-state index contributed by atoms with van der Waals surface area (Å²) in [5.74, 6) is -7.29. The van der Waals surface area contributed by atoms with Crippen molar-refractivity contribution in [2.75, 3.05) is 0 Å². The van der Waals surface area contributed by atoms with E-state index >= 15 is 0 Å². The van der Waals surface area contributed by atoms with Crippen LogP contribution in [-0.2, 0) is 23.9 Å². The fraction of sp³-hybridized carbons (Fsp3) is 0.429. The minimum absolute atomic E-state index is 0.159. The number of hydrogen-bond donors (Lipinski definition) is 1. The van der Waals surface area contributed by atoms with E-state index in [9.17, 15) is 26.7 Å². The van der Waals surface area contributed by atoms with E-state index in [0.29, 0.717) is 0 Å². The summed E-state index contributed by atoms with van der Waals surface area (Å²) in [6.45, 7) is 0. The smallest absolute Gasteiger partial charge is 0.433 e. The van der Waals surface area contributed by atoms with Gasteiger partial charge in [0.05, 0.1) is 11.8 Å². The highest BCUT2D eigenvalue weighted by Crippen LogP contribution is 2.39. The maximum absolute atomic E-state index is 12.9. The van der Waals surface area contributed by atoms with E-state index in [1.54, 1.807) is 0 Å². The van der Waals surface area contributed by atoms with Crippen LogP contribution < -0.4 is 0 Å². The number of aromatic nitrogens is 2. The minimum atomic E-state index is -5.10. The van der Waals surface area contributed by atoms with E-state index in [-0.39, 0.29) is 10.9 Å². The summed E-state index contributed by atoms with van der Waals surface area (Å²) in [6.07, 6.45) is -4.91. The van der Waals surface area contributed by atoms with Gasteiger partial charge in [0.2, 0.25) is 0 Å². The summed E-state index contributed by atoms with van der Waals surface area (Å²) in [6, 6.07) is 0. The molecule has 0 aliphatic heterocycles. The summed E-state index contributed by atoms with van der Waals surface area (Å²) in [7, 11) is 0.796. The Kier molecular flexibility index (Phi) is 2.65. The number of hydrogen-bond acceptors (Lipinski definition) is 2. The highest BCUT2D eigenvalue weighted by molar-refractivity contribution is 5.77. The molecule has 0 saturated heterocycles. The first-order valence-electron chi connectivity index (χ1n) is 3.79. The van der Waals surface area contributed by atoms with Crippen LogP contribution in [0, 0.1) is 0 Å². The molecule has 1 heterocycles. The van der Waals surface area contributed by atoms with Gasteiger partial charge >= 0.3 is 18.1 Å². The number of rotatable bonds is 2. The Morgan fingerprint density at radius 3 is 2.25 bits per heavy atom. The number of nitrogens with zero attached hydrogens (tertiary/aromatic N) is 2. The summed E-state index contributed by atoms with van der Waals surface area (Å²) in [5, 5.41) is 11.1. The fourth-order valence-corrected chi connectivity index (χ4v) is 1.12. The van der Waals surface area contributed by atoms with Crippen molar-refractivity contribution < 1.29 is 31.9 Å². The molecule has 0 spiro atoms.